The lowest BCUT2D eigenvalue weighted by Gasteiger charge is -2.06. The van der Waals surface area contributed by atoms with Crippen molar-refractivity contribution < 1.29 is 9.66 Å². The van der Waals surface area contributed by atoms with E-state index in [0.717, 1.165) is 0 Å². The molecular formula is C12H16N2O3. The second-order valence-electron chi connectivity index (χ2n) is 5.01. The first-order chi connectivity index (χ1) is 7.89. The van der Waals surface area contributed by atoms with Crippen molar-refractivity contribution >= 4 is 5.69 Å². The molecule has 0 saturated heterocycles. The first-order valence-electron chi connectivity index (χ1n) is 5.47. The Morgan fingerprint density at radius 3 is 2.47 bits per heavy atom. The number of nitrogens with two attached hydrogens (primary N) is 1. The van der Waals surface area contributed by atoms with Crippen LogP contribution in [0, 0.1) is 15.5 Å². The number of nitro groups is 1. The van der Waals surface area contributed by atoms with Gasteiger partial charge < -0.3 is 10.5 Å². The highest BCUT2D eigenvalue weighted by atomic mass is 16.6. The van der Waals surface area contributed by atoms with E-state index < -0.39 is 0 Å². The first-order valence-corrected chi connectivity index (χ1v) is 5.47. The molecule has 92 valence electrons. The van der Waals surface area contributed by atoms with Crippen molar-refractivity contribution in [1.82, 2.24) is 0 Å². The Bertz CT molecular complexity index is 471. The molecule has 5 nitrogen and oxygen atoms in total. The zero-order valence-corrected chi connectivity index (χ0v) is 10.1. The summed E-state index contributed by atoms with van der Waals surface area (Å²) >= 11 is 0. The van der Waals surface area contributed by atoms with Gasteiger partial charge in [-0.1, -0.05) is 13.8 Å². The predicted octanol–water partition coefficient (Wildman–Crippen LogP) is 2.05. The molecular weight excluding hydrogens is 220 g/mol. The zero-order chi connectivity index (χ0) is 12.8. The summed E-state index contributed by atoms with van der Waals surface area (Å²) in [7, 11) is 1.54. The standard InChI is InChI=1S/C12H16N2O3/c1-12(2)10(11(12)13)8-6-7(17-3)4-5-9(8)14(15)16/h4-6,10-11H,13H2,1-3H3/t10-,11-/m1/s1. The van der Waals surface area contributed by atoms with E-state index in [4.69, 9.17) is 10.5 Å². The Balaban J connectivity index is 2.47. The molecule has 0 aliphatic heterocycles. The summed E-state index contributed by atoms with van der Waals surface area (Å²) in [6.07, 6.45) is 0. The third kappa shape index (κ3) is 1.76. The van der Waals surface area contributed by atoms with Crippen LogP contribution in [0.4, 0.5) is 5.69 Å². The highest BCUT2D eigenvalue weighted by Gasteiger charge is 2.58. The van der Waals surface area contributed by atoms with Crippen LogP contribution in [0.15, 0.2) is 18.2 Å². The van der Waals surface area contributed by atoms with Crippen LogP contribution >= 0.6 is 0 Å². The minimum atomic E-state index is -0.365. The quantitative estimate of drug-likeness (QED) is 0.643. The predicted molar refractivity (Wildman–Crippen MR) is 64.1 cm³/mol. The normalized spacial score (nSPS) is 25.4. The summed E-state index contributed by atoms with van der Waals surface area (Å²) < 4.78 is 5.11. The van der Waals surface area contributed by atoms with Crippen molar-refractivity contribution in [3.63, 3.8) is 0 Å². The van der Waals surface area contributed by atoms with E-state index in [2.05, 4.69) is 0 Å². The number of ether oxygens (including phenoxy) is 1. The third-order valence-electron chi connectivity index (χ3n) is 3.68. The second kappa shape index (κ2) is 3.70. The van der Waals surface area contributed by atoms with Crippen molar-refractivity contribution in [2.24, 2.45) is 11.1 Å². The topological polar surface area (TPSA) is 78.4 Å². The van der Waals surface area contributed by atoms with Crippen LogP contribution in [0.2, 0.25) is 0 Å². The lowest BCUT2D eigenvalue weighted by molar-refractivity contribution is -0.385. The number of benzene rings is 1. The van der Waals surface area contributed by atoms with Crippen molar-refractivity contribution in [1.29, 1.82) is 0 Å². The van der Waals surface area contributed by atoms with Crippen LogP contribution in [0.5, 0.6) is 5.75 Å². The van der Waals surface area contributed by atoms with Gasteiger partial charge in [-0.25, -0.2) is 0 Å². The number of nitrogens with zero attached hydrogens (tertiary/aromatic N) is 1. The number of nitro benzene ring substituents is 1. The Morgan fingerprint density at radius 2 is 2.06 bits per heavy atom. The van der Waals surface area contributed by atoms with Gasteiger partial charge in [0.1, 0.15) is 5.75 Å². The molecule has 0 spiro atoms. The molecule has 0 bridgehead atoms. The monoisotopic (exact) mass is 236 g/mol. The van der Waals surface area contributed by atoms with E-state index in [9.17, 15) is 10.1 Å². The van der Waals surface area contributed by atoms with Gasteiger partial charge in [-0.05, 0) is 17.5 Å². The van der Waals surface area contributed by atoms with E-state index in [1.807, 2.05) is 13.8 Å². The Morgan fingerprint density at radius 1 is 1.47 bits per heavy atom. The highest BCUT2D eigenvalue weighted by Crippen LogP contribution is 2.59. The van der Waals surface area contributed by atoms with Gasteiger partial charge in [0, 0.05) is 23.6 Å². The zero-order valence-electron chi connectivity index (χ0n) is 10.1. The second-order valence-corrected chi connectivity index (χ2v) is 5.01. The summed E-state index contributed by atoms with van der Waals surface area (Å²) in [5.74, 6) is 0.651. The summed E-state index contributed by atoms with van der Waals surface area (Å²) in [6, 6.07) is 4.77. The molecule has 1 aliphatic rings. The lowest BCUT2D eigenvalue weighted by Crippen LogP contribution is -2.06. The van der Waals surface area contributed by atoms with Gasteiger partial charge in [0.05, 0.1) is 12.0 Å². The van der Waals surface area contributed by atoms with Crippen molar-refractivity contribution in [3.05, 3.63) is 33.9 Å². The summed E-state index contributed by atoms with van der Waals surface area (Å²) in [6.45, 7) is 4.04. The molecule has 0 unspecified atom stereocenters. The fraction of sp³-hybridized carbons (Fsp3) is 0.500. The van der Waals surface area contributed by atoms with Crippen LogP contribution in [-0.4, -0.2) is 18.1 Å². The molecule has 1 saturated carbocycles. The number of rotatable bonds is 3. The summed E-state index contributed by atoms with van der Waals surface area (Å²) in [4.78, 5) is 10.6. The van der Waals surface area contributed by atoms with Crippen LogP contribution < -0.4 is 10.5 Å². The van der Waals surface area contributed by atoms with Crippen molar-refractivity contribution in [2.75, 3.05) is 7.11 Å². The lowest BCUT2D eigenvalue weighted by atomic mass is 10.0. The van der Waals surface area contributed by atoms with Gasteiger partial charge >= 0.3 is 0 Å². The number of hydrogen-bond donors (Lipinski definition) is 1. The average Bonchev–Trinajstić information content (AvgIpc) is 2.77. The number of methoxy groups -OCH3 is 1. The van der Waals surface area contributed by atoms with Crippen molar-refractivity contribution in [2.45, 2.75) is 25.8 Å². The van der Waals surface area contributed by atoms with Gasteiger partial charge in [-0.3, -0.25) is 10.1 Å². The van der Waals surface area contributed by atoms with E-state index in [-0.39, 0.29) is 28.0 Å². The molecule has 0 amide bonds. The molecule has 2 atom stereocenters. The molecule has 17 heavy (non-hydrogen) atoms. The molecule has 0 heterocycles. The Kier molecular flexibility index (Phi) is 2.58. The Labute approximate surface area is 99.7 Å². The van der Waals surface area contributed by atoms with Crippen LogP contribution in [0.25, 0.3) is 0 Å². The van der Waals surface area contributed by atoms with Gasteiger partial charge in [0.2, 0.25) is 0 Å². The molecule has 1 aromatic carbocycles. The fourth-order valence-corrected chi connectivity index (χ4v) is 2.35. The van der Waals surface area contributed by atoms with Crippen LogP contribution in [-0.2, 0) is 0 Å². The Hall–Kier alpha value is -1.62. The van der Waals surface area contributed by atoms with E-state index in [0.29, 0.717) is 11.3 Å². The van der Waals surface area contributed by atoms with Crippen molar-refractivity contribution in [3.8, 4) is 5.75 Å². The molecule has 1 aliphatic carbocycles. The molecule has 0 radical (unpaired) electrons. The average molecular weight is 236 g/mol. The summed E-state index contributed by atoms with van der Waals surface area (Å²) in [5.41, 5.74) is 6.68. The molecule has 0 aromatic heterocycles. The van der Waals surface area contributed by atoms with Gasteiger partial charge in [0.25, 0.3) is 5.69 Å². The van der Waals surface area contributed by atoms with E-state index in [1.54, 1.807) is 19.2 Å². The first kappa shape index (κ1) is 11.9. The maximum Gasteiger partial charge on any atom is 0.273 e. The smallest absolute Gasteiger partial charge is 0.273 e. The van der Waals surface area contributed by atoms with Gasteiger partial charge in [-0.2, -0.15) is 0 Å². The SMILES string of the molecule is COc1ccc([N+](=O)[O-])c([C@@H]2[C@@H](N)C2(C)C)c1. The fourth-order valence-electron chi connectivity index (χ4n) is 2.35. The molecule has 2 N–H and O–H groups in total. The van der Waals surface area contributed by atoms with Crippen LogP contribution in [0.1, 0.15) is 25.3 Å². The van der Waals surface area contributed by atoms with E-state index in [1.165, 1.54) is 6.07 Å². The van der Waals surface area contributed by atoms with Crippen LogP contribution in [0.3, 0.4) is 0 Å². The largest absolute Gasteiger partial charge is 0.497 e. The maximum absolute atomic E-state index is 11.0. The van der Waals surface area contributed by atoms with E-state index >= 15 is 0 Å². The minimum absolute atomic E-state index is 0.0259. The highest BCUT2D eigenvalue weighted by molar-refractivity contribution is 5.52. The summed E-state index contributed by atoms with van der Waals surface area (Å²) in [5, 5.41) is 11.0. The number of hydrogen-bond acceptors (Lipinski definition) is 4. The maximum atomic E-state index is 11.0. The molecule has 2 rings (SSSR count). The molecule has 1 aromatic rings. The van der Waals surface area contributed by atoms with Gasteiger partial charge in [0.15, 0.2) is 0 Å². The molecule has 5 heteroatoms. The molecule has 1 fully saturated rings. The van der Waals surface area contributed by atoms with Gasteiger partial charge in [-0.15, -0.1) is 0 Å². The third-order valence-corrected chi connectivity index (χ3v) is 3.68. The minimum Gasteiger partial charge on any atom is -0.497 e.